The zero-order valence-electron chi connectivity index (χ0n) is 29.2. The van der Waals surface area contributed by atoms with Gasteiger partial charge in [-0.05, 0) is 86.7 Å². The minimum absolute atomic E-state index is 0.134. The summed E-state index contributed by atoms with van der Waals surface area (Å²) in [6.45, 7) is 11.6. The summed E-state index contributed by atoms with van der Waals surface area (Å²) in [6.07, 6.45) is 8.38. The van der Waals surface area contributed by atoms with Crippen LogP contribution in [-0.2, 0) is 6.54 Å². The summed E-state index contributed by atoms with van der Waals surface area (Å²) >= 11 is 0. The van der Waals surface area contributed by atoms with Gasteiger partial charge in [0, 0.05) is 62.9 Å². The molecule has 5 aromatic rings. The fourth-order valence-electron chi connectivity index (χ4n) is 7.41. The number of hydrogen-bond acceptors (Lipinski definition) is 7. The van der Waals surface area contributed by atoms with Crippen LogP contribution in [0.1, 0.15) is 42.5 Å². The molecule has 0 atom stereocenters. The summed E-state index contributed by atoms with van der Waals surface area (Å²) in [5, 5.41) is 15.8. The zero-order valence-corrected chi connectivity index (χ0v) is 29.2. The van der Waals surface area contributed by atoms with Gasteiger partial charge in [0.05, 0.1) is 17.5 Å². The first-order valence-corrected chi connectivity index (χ1v) is 17.7. The van der Waals surface area contributed by atoms with E-state index in [1.807, 2.05) is 35.9 Å². The van der Waals surface area contributed by atoms with Crippen molar-refractivity contribution in [2.24, 2.45) is 0 Å². The molecule has 2 fully saturated rings. The summed E-state index contributed by atoms with van der Waals surface area (Å²) < 4.78 is 28.7. The van der Waals surface area contributed by atoms with Gasteiger partial charge in [0.15, 0.2) is 0 Å². The Morgan fingerprint density at radius 3 is 2.43 bits per heavy atom. The maximum Gasteiger partial charge on any atom is 0.149 e. The molecule has 3 aliphatic rings. The lowest BCUT2D eigenvalue weighted by molar-refractivity contribution is 0.233. The second-order valence-electron chi connectivity index (χ2n) is 13.6. The number of rotatable bonds is 6. The second kappa shape index (κ2) is 15.1. The van der Waals surface area contributed by atoms with Crippen LogP contribution in [0.5, 0.6) is 0 Å². The first-order chi connectivity index (χ1) is 24.8. The Hall–Kier alpha value is -4.97. The smallest absolute Gasteiger partial charge is 0.149 e. The highest BCUT2D eigenvalue weighted by molar-refractivity contribution is 6.05. The molecule has 51 heavy (non-hydrogen) atoms. The summed E-state index contributed by atoms with van der Waals surface area (Å²) in [4.78, 5) is 15.1. The molecule has 0 amide bonds. The van der Waals surface area contributed by atoms with E-state index in [1.165, 1.54) is 30.1 Å². The summed E-state index contributed by atoms with van der Waals surface area (Å²) in [5.41, 5.74) is 6.60. The number of nitrogens with zero attached hydrogens (tertiary/aromatic N) is 6. The van der Waals surface area contributed by atoms with Gasteiger partial charge in [-0.15, -0.1) is 0 Å². The van der Waals surface area contributed by atoms with Crippen molar-refractivity contribution in [2.75, 3.05) is 38.1 Å². The number of pyridine rings is 2. The van der Waals surface area contributed by atoms with Crippen molar-refractivity contribution in [3.05, 3.63) is 126 Å². The van der Waals surface area contributed by atoms with Gasteiger partial charge in [0.2, 0.25) is 0 Å². The molecule has 1 saturated heterocycles. The van der Waals surface area contributed by atoms with Crippen molar-refractivity contribution in [2.45, 2.75) is 51.2 Å². The molecule has 1 saturated carbocycles. The number of imidazole rings is 1. The van der Waals surface area contributed by atoms with Crippen LogP contribution in [0.3, 0.4) is 0 Å². The topological polar surface area (TPSA) is 87.8 Å². The number of aromatic nitrogens is 3. The van der Waals surface area contributed by atoms with Gasteiger partial charge < -0.3 is 19.9 Å². The Bertz CT molecular complexity index is 2010. The first kappa shape index (κ1) is 34.5. The summed E-state index contributed by atoms with van der Waals surface area (Å²) in [7, 11) is 2.01. The minimum atomic E-state index is -0.440. The fraction of sp³-hybridized carbons (Fsp3) is 0.325. The normalized spacial score (nSPS) is 19.5. The molecule has 0 bridgehead atoms. The lowest BCUT2D eigenvalue weighted by atomic mass is 9.89. The Labute approximate surface area is 298 Å². The van der Waals surface area contributed by atoms with Crippen LogP contribution in [-0.4, -0.2) is 75.3 Å². The zero-order chi connectivity index (χ0) is 35.5. The van der Waals surface area contributed by atoms with Gasteiger partial charge >= 0.3 is 0 Å². The number of fused-ring (bicyclic) bond motifs is 2. The average Bonchev–Trinajstić information content (AvgIpc) is 3.52. The largest absolute Gasteiger partial charge is 0.317 e. The van der Waals surface area contributed by atoms with Gasteiger partial charge in [-0.3, -0.25) is 15.2 Å². The van der Waals surface area contributed by atoms with Crippen LogP contribution < -0.4 is 15.5 Å². The lowest BCUT2D eigenvalue weighted by Crippen LogP contribution is -2.50. The van der Waals surface area contributed by atoms with Crippen LogP contribution in [0.15, 0.2) is 97.7 Å². The van der Waals surface area contributed by atoms with E-state index in [4.69, 9.17) is 5.41 Å². The lowest BCUT2D eigenvalue weighted by Gasteiger charge is -2.46. The molecular weight excluding hydrogens is 644 g/mol. The van der Waals surface area contributed by atoms with Crippen molar-refractivity contribution >= 4 is 23.0 Å². The van der Waals surface area contributed by atoms with Crippen molar-refractivity contribution in [1.29, 1.82) is 5.41 Å². The Kier molecular flexibility index (Phi) is 10.2. The van der Waals surface area contributed by atoms with Crippen molar-refractivity contribution in [3.8, 4) is 11.1 Å². The van der Waals surface area contributed by atoms with E-state index in [-0.39, 0.29) is 17.7 Å². The molecule has 9 nitrogen and oxygen atoms in total. The molecule has 0 radical (unpaired) electrons. The number of amidine groups is 1. The van der Waals surface area contributed by atoms with Crippen LogP contribution in [0.2, 0.25) is 0 Å². The molecule has 5 heterocycles. The summed E-state index contributed by atoms with van der Waals surface area (Å²) in [6, 6.07) is 22.2. The van der Waals surface area contributed by atoms with E-state index >= 15 is 0 Å². The number of benzene rings is 2. The van der Waals surface area contributed by atoms with Crippen LogP contribution in [0, 0.1) is 24.0 Å². The first-order valence-electron chi connectivity index (χ1n) is 17.7. The highest BCUT2D eigenvalue weighted by Gasteiger charge is 2.38. The Morgan fingerprint density at radius 1 is 0.922 bits per heavy atom. The van der Waals surface area contributed by atoms with Gasteiger partial charge in [-0.1, -0.05) is 43.0 Å². The van der Waals surface area contributed by atoms with Crippen LogP contribution in [0.25, 0.3) is 16.8 Å². The molecule has 3 N–H and O–H groups in total. The number of halogens is 2. The van der Waals surface area contributed by atoms with Crippen molar-refractivity contribution < 1.29 is 8.78 Å². The van der Waals surface area contributed by atoms with Crippen molar-refractivity contribution in [1.82, 2.24) is 34.8 Å². The molecule has 8 rings (SSSR count). The maximum absolute atomic E-state index is 14.4. The standard InChI is InChI=1S/C32H38FN7.C8H7FN2/c1-22-39(28-12-10-27(35-2)11-13-28)31(34)30-19-26(33)20-37-32(30)40(22)29-5-3-4-25(18-29)24-8-6-23(7-9-24)21-38-16-14-36-15-17-38;1-6-4-11-5-7(9)2-3-8(11)10-6/h3-9,18-20,27-28,34-36H,1,10-17,21H2,2H3;2-5H,1H3. The number of piperazine rings is 1. The third-order valence-electron chi connectivity index (χ3n) is 10.1. The predicted molar refractivity (Wildman–Crippen MR) is 199 cm³/mol. The third kappa shape index (κ3) is 7.56. The Morgan fingerprint density at radius 2 is 1.69 bits per heavy atom. The molecule has 2 aromatic carbocycles. The van der Waals surface area contributed by atoms with Gasteiger partial charge in [0.25, 0.3) is 0 Å². The molecule has 3 aromatic heterocycles. The number of anilines is 2. The molecular formula is C40H45F2N9. The molecule has 0 spiro atoms. The van der Waals surface area contributed by atoms with E-state index in [0.717, 1.165) is 86.6 Å². The average molecular weight is 690 g/mol. The highest BCUT2D eigenvalue weighted by atomic mass is 19.1. The van der Waals surface area contributed by atoms with E-state index in [0.29, 0.717) is 23.2 Å². The monoisotopic (exact) mass is 689 g/mol. The molecule has 11 heteroatoms. The SMILES string of the molecule is C=C1N(c2cccc(-c3ccc(CN4CCNCC4)cc3)c2)c2ncc(F)cc2C(=N)N1C1CCC(NC)CC1.Cc1cn2cc(F)ccc2n1. The predicted octanol–water partition coefficient (Wildman–Crippen LogP) is 6.86. The van der Waals surface area contributed by atoms with Crippen molar-refractivity contribution in [3.63, 3.8) is 0 Å². The van der Waals surface area contributed by atoms with Gasteiger partial charge in [-0.25, -0.2) is 18.7 Å². The molecule has 2 aliphatic heterocycles. The second-order valence-corrected chi connectivity index (χ2v) is 13.6. The van der Waals surface area contributed by atoms with Crippen LogP contribution in [0.4, 0.5) is 20.3 Å². The van der Waals surface area contributed by atoms with Gasteiger partial charge in [-0.2, -0.15) is 0 Å². The van der Waals surface area contributed by atoms with E-state index in [2.05, 4.69) is 68.5 Å². The number of aryl methyl sites for hydroxylation is 1. The van der Waals surface area contributed by atoms with E-state index in [9.17, 15) is 8.78 Å². The summed E-state index contributed by atoms with van der Waals surface area (Å²) in [5.74, 6) is 0.819. The molecule has 1 aliphatic carbocycles. The van der Waals surface area contributed by atoms with Crippen LogP contribution >= 0.6 is 0 Å². The number of hydrogen-bond donors (Lipinski definition) is 3. The molecule has 0 unspecified atom stereocenters. The van der Waals surface area contributed by atoms with E-state index < -0.39 is 5.82 Å². The maximum atomic E-state index is 14.4. The highest BCUT2D eigenvalue weighted by Crippen LogP contribution is 2.41. The number of nitrogens with one attached hydrogen (secondary N) is 3. The quantitative estimate of drug-likeness (QED) is 0.180. The fourth-order valence-corrected chi connectivity index (χ4v) is 7.41. The minimum Gasteiger partial charge on any atom is -0.317 e. The van der Waals surface area contributed by atoms with E-state index in [1.54, 1.807) is 16.7 Å². The third-order valence-corrected chi connectivity index (χ3v) is 10.1. The van der Waals surface area contributed by atoms with Gasteiger partial charge in [0.1, 0.15) is 34.8 Å². The molecule has 264 valence electrons. The Balaban J connectivity index is 0.000000313.